The van der Waals surface area contributed by atoms with Crippen LogP contribution in [0.5, 0.6) is 0 Å². The van der Waals surface area contributed by atoms with Crippen LogP contribution in [0.4, 0.5) is 0 Å². The molecule has 2 heterocycles. The van der Waals surface area contributed by atoms with Crippen molar-refractivity contribution in [1.82, 2.24) is 19.1 Å². The Kier molecular flexibility index (Phi) is 8.51. The summed E-state index contributed by atoms with van der Waals surface area (Å²) < 4.78 is 4.43. The quantitative estimate of drug-likeness (QED) is 0.165. The molecular formula is C49H44N4Pt. The molecule has 8 aromatic rings. The Bertz CT molecular complexity index is 2540. The van der Waals surface area contributed by atoms with E-state index in [4.69, 9.17) is 9.97 Å². The summed E-state index contributed by atoms with van der Waals surface area (Å²) in [6, 6.07) is 51.9. The summed E-state index contributed by atoms with van der Waals surface area (Å²) >= 11 is 0. The van der Waals surface area contributed by atoms with E-state index in [1.165, 1.54) is 33.4 Å². The summed E-state index contributed by atoms with van der Waals surface area (Å²) in [6.07, 6.45) is 0. The molecular weight excluding hydrogens is 840 g/mol. The molecule has 1 aliphatic rings. The van der Waals surface area contributed by atoms with E-state index in [0.717, 1.165) is 56.0 Å². The minimum atomic E-state index is -0.673. The van der Waals surface area contributed by atoms with Gasteiger partial charge in [-0.25, -0.2) is 0 Å². The first-order valence-corrected chi connectivity index (χ1v) is 18.6. The molecule has 270 valence electrons. The maximum absolute atomic E-state index is 5.18. The molecule has 9 rings (SSSR count). The van der Waals surface area contributed by atoms with E-state index in [-0.39, 0.29) is 31.9 Å². The Morgan fingerprint density at radius 1 is 0.500 bits per heavy atom. The van der Waals surface area contributed by atoms with Gasteiger partial charge in [-0.15, -0.1) is 70.8 Å². The van der Waals surface area contributed by atoms with Crippen LogP contribution < -0.4 is 0 Å². The van der Waals surface area contributed by atoms with Gasteiger partial charge in [-0.05, 0) is 68.5 Å². The Hall–Kier alpha value is -5.05. The second kappa shape index (κ2) is 12.8. The van der Waals surface area contributed by atoms with E-state index in [9.17, 15) is 0 Å². The van der Waals surface area contributed by atoms with Crippen molar-refractivity contribution in [3.8, 4) is 33.9 Å². The second-order valence-corrected chi connectivity index (χ2v) is 16.7. The largest absolute Gasteiger partial charge is 2.00 e. The monoisotopic (exact) mass is 883 g/mol. The molecule has 0 spiro atoms. The van der Waals surface area contributed by atoms with E-state index < -0.39 is 5.41 Å². The first kappa shape index (κ1) is 36.0. The van der Waals surface area contributed by atoms with Gasteiger partial charge < -0.3 is 9.13 Å². The first-order valence-electron chi connectivity index (χ1n) is 18.6. The van der Waals surface area contributed by atoms with Crippen molar-refractivity contribution in [2.75, 3.05) is 0 Å². The first-order chi connectivity index (χ1) is 25.4. The molecule has 0 aliphatic heterocycles. The van der Waals surface area contributed by atoms with Crippen LogP contribution in [0.3, 0.4) is 0 Å². The fourth-order valence-corrected chi connectivity index (χ4v) is 8.39. The third kappa shape index (κ3) is 5.44. The Balaban J connectivity index is 0.00000413. The van der Waals surface area contributed by atoms with Crippen LogP contribution in [0.25, 0.3) is 56.0 Å². The van der Waals surface area contributed by atoms with Gasteiger partial charge >= 0.3 is 21.1 Å². The van der Waals surface area contributed by atoms with Crippen LogP contribution in [0.1, 0.15) is 74.9 Å². The Morgan fingerprint density at radius 3 is 1.31 bits per heavy atom. The second-order valence-electron chi connectivity index (χ2n) is 16.7. The number of aryl methyl sites for hydroxylation is 2. The number of aromatic nitrogens is 4. The minimum Gasteiger partial charge on any atom is -0.367 e. The van der Waals surface area contributed by atoms with Crippen LogP contribution in [0, 0.1) is 12.1 Å². The van der Waals surface area contributed by atoms with Gasteiger partial charge in [0, 0.05) is 19.5 Å². The molecule has 0 fully saturated rings. The summed E-state index contributed by atoms with van der Waals surface area (Å²) in [5, 5.41) is 0. The predicted octanol–water partition coefficient (Wildman–Crippen LogP) is 11.3. The summed E-state index contributed by atoms with van der Waals surface area (Å²) in [5.41, 5.74) is 15.2. The molecule has 54 heavy (non-hydrogen) atoms. The predicted molar refractivity (Wildman–Crippen MR) is 218 cm³/mol. The molecule has 2 aromatic heterocycles. The van der Waals surface area contributed by atoms with E-state index >= 15 is 0 Å². The van der Waals surface area contributed by atoms with Gasteiger partial charge in [-0.1, -0.05) is 102 Å². The van der Waals surface area contributed by atoms with Gasteiger partial charge in [0.2, 0.25) is 0 Å². The average Bonchev–Trinajstić information content (AvgIpc) is 3.78. The molecule has 1 aliphatic carbocycles. The summed E-state index contributed by atoms with van der Waals surface area (Å²) in [6.45, 7) is 13.5. The third-order valence-electron chi connectivity index (χ3n) is 11.3. The SMILES string of the molecule is Cn1c(-c2[c-]c(C3(c4[c-]c(-c5nc6ccc(C(C)(C)C)cc6n5C)ccc4)c4ccccc4-c4ccccc43)ccc2)nc2ccc(C(C)(C)C)cc21.[Pt+2]. The number of rotatable bonds is 4. The van der Waals surface area contributed by atoms with Crippen LogP contribution in [-0.2, 0) is 51.4 Å². The van der Waals surface area contributed by atoms with E-state index in [1.54, 1.807) is 0 Å². The topological polar surface area (TPSA) is 35.6 Å². The number of fused-ring (bicyclic) bond motifs is 5. The molecule has 6 aromatic carbocycles. The molecule has 4 nitrogen and oxygen atoms in total. The number of hydrogen-bond donors (Lipinski definition) is 0. The fraction of sp³-hybridized carbons (Fsp3) is 0.224. The van der Waals surface area contributed by atoms with Crippen LogP contribution in [0.2, 0.25) is 0 Å². The molecule has 0 amide bonds. The maximum atomic E-state index is 5.18. The van der Waals surface area contributed by atoms with Gasteiger partial charge in [0.05, 0.1) is 33.7 Å². The minimum absolute atomic E-state index is 0. The average molecular weight is 884 g/mol. The van der Waals surface area contributed by atoms with Gasteiger partial charge in [-0.2, -0.15) is 0 Å². The molecule has 5 heteroatoms. The van der Waals surface area contributed by atoms with Gasteiger partial charge in [-0.3, -0.25) is 9.97 Å². The molecule has 0 bridgehead atoms. The molecule has 0 atom stereocenters. The zero-order valence-electron chi connectivity index (χ0n) is 32.2. The van der Waals surface area contributed by atoms with E-state index in [0.29, 0.717) is 0 Å². The normalized spacial score (nSPS) is 13.6. The zero-order valence-corrected chi connectivity index (χ0v) is 34.4. The maximum Gasteiger partial charge on any atom is 2.00 e. The van der Waals surface area contributed by atoms with E-state index in [1.807, 2.05) is 0 Å². The standard InChI is InChI=1S/C49H44N4.Pt/c1-47(2,3)33-23-25-41-43(29-33)52(7)45(50-41)31-15-13-17-35(27-31)49(39-21-11-9-19-37(39)38-20-10-12-22-40(38)49)36-18-14-16-32(28-36)46-51-42-26-24-34(48(4,5)6)30-44(42)53(46)8;/h9-26,29-30H,1-8H3;/q-2;+2. The number of nitrogens with zero attached hydrogens (tertiary/aromatic N) is 4. The van der Waals surface area contributed by atoms with Crippen LogP contribution in [-0.4, -0.2) is 19.1 Å². The van der Waals surface area contributed by atoms with Gasteiger partial charge in [0.25, 0.3) is 0 Å². The van der Waals surface area contributed by atoms with Crippen molar-refractivity contribution in [3.05, 3.63) is 167 Å². The summed E-state index contributed by atoms with van der Waals surface area (Å²) in [5.74, 6) is 1.80. The Morgan fingerprint density at radius 2 is 0.907 bits per heavy atom. The molecule has 0 saturated heterocycles. The van der Waals surface area contributed by atoms with Crippen LogP contribution in [0.15, 0.2) is 121 Å². The molecule has 0 N–H and O–H groups in total. The van der Waals surface area contributed by atoms with Crippen molar-refractivity contribution < 1.29 is 21.1 Å². The van der Waals surface area contributed by atoms with E-state index in [2.05, 4.69) is 198 Å². The van der Waals surface area contributed by atoms with Crippen molar-refractivity contribution in [3.63, 3.8) is 0 Å². The Labute approximate surface area is 333 Å². The summed E-state index contributed by atoms with van der Waals surface area (Å²) in [7, 11) is 4.23. The zero-order chi connectivity index (χ0) is 36.9. The van der Waals surface area contributed by atoms with Crippen molar-refractivity contribution in [2.45, 2.75) is 57.8 Å². The van der Waals surface area contributed by atoms with Gasteiger partial charge in [0.15, 0.2) is 0 Å². The number of benzene rings is 6. The van der Waals surface area contributed by atoms with Crippen molar-refractivity contribution in [2.24, 2.45) is 14.1 Å². The summed E-state index contributed by atoms with van der Waals surface area (Å²) in [4.78, 5) is 10.4. The fourth-order valence-electron chi connectivity index (χ4n) is 8.39. The smallest absolute Gasteiger partial charge is 0.367 e. The molecule has 0 unspecified atom stereocenters. The van der Waals surface area contributed by atoms with Crippen molar-refractivity contribution in [1.29, 1.82) is 0 Å². The number of hydrogen-bond acceptors (Lipinski definition) is 2. The third-order valence-corrected chi connectivity index (χ3v) is 11.3. The van der Waals surface area contributed by atoms with Crippen LogP contribution >= 0.6 is 0 Å². The molecule has 0 radical (unpaired) electrons. The molecule has 0 saturated carbocycles. The number of imidazole rings is 2. The van der Waals surface area contributed by atoms with Gasteiger partial charge in [0.1, 0.15) is 0 Å². The van der Waals surface area contributed by atoms with Crippen molar-refractivity contribution >= 4 is 22.1 Å².